The molecule has 0 bridgehead atoms. The fraction of sp³-hybridized carbons (Fsp3) is 0.333. The Morgan fingerprint density at radius 2 is 2.25 bits per heavy atom. The highest BCUT2D eigenvalue weighted by Gasteiger charge is 2.28. The Morgan fingerprint density at radius 1 is 1.38 bits per heavy atom. The van der Waals surface area contributed by atoms with Crippen molar-refractivity contribution in [1.29, 1.82) is 0 Å². The van der Waals surface area contributed by atoms with Gasteiger partial charge in [-0.05, 0) is 49.7 Å². The molecule has 124 valence electrons. The number of aromatic nitrogens is 3. The molecule has 2 aromatic heterocycles. The van der Waals surface area contributed by atoms with Crippen LogP contribution in [0, 0.1) is 0 Å². The highest BCUT2D eigenvalue weighted by atomic mass is 35.5. The van der Waals surface area contributed by atoms with Gasteiger partial charge in [0, 0.05) is 24.0 Å². The van der Waals surface area contributed by atoms with Crippen LogP contribution < -0.4 is 5.56 Å². The van der Waals surface area contributed by atoms with Gasteiger partial charge >= 0.3 is 0 Å². The number of nitrogens with zero attached hydrogens (tertiary/aromatic N) is 3. The van der Waals surface area contributed by atoms with E-state index in [9.17, 15) is 4.79 Å². The summed E-state index contributed by atoms with van der Waals surface area (Å²) >= 11 is 5.97. The molecule has 1 aromatic carbocycles. The van der Waals surface area contributed by atoms with Crippen LogP contribution in [0.4, 0.5) is 0 Å². The monoisotopic (exact) mass is 342 g/mol. The number of aromatic amines is 1. The SMILES string of the molecule is Cn1cccc1[C@H]1CCCN1Cc1nc2ccc(Cl)cc2c(=O)[nH]1. The highest BCUT2D eigenvalue weighted by Crippen LogP contribution is 2.32. The molecule has 1 atom stereocenters. The molecule has 3 heterocycles. The number of likely N-dealkylation sites (tertiary alicyclic amines) is 1. The lowest BCUT2D eigenvalue weighted by Gasteiger charge is -2.24. The third-order valence-corrected chi connectivity index (χ3v) is 4.99. The van der Waals surface area contributed by atoms with Crippen LogP contribution in [-0.2, 0) is 13.6 Å². The van der Waals surface area contributed by atoms with Crippen LogP contribution in [0.3, 0.4) is 0 Å². The van der Waals surface area contributed by atoms with E-state index in [4.69, 9.17) is 11.6 Å². The van der Waals surface area contributed by atoms with Crippen molar-refractivity contribution in [2.24, 2.45) is 7.05 Å². The first-order chi connectivity index (χ1) is 11.6. The first-order valence-electron chi connectivity index (χ1n) is 8.15. The number of aryl methyl sites for hydroxylation is 1. The summed E-state index contributed by atoms with van der Waals surface area (Å²) in [5.41, 5.74) is 1.86. The molecule has 0 radical (unpaired) electrons. The Kier molecular flexibility index (Phi) is 3.90. The van der Waals surface area contributed by atoms with Crippen molar-refractivity contribution < 1.29 is 0 Å². The summed E-state index contributed by atoms with van der Waals surface area (Å²) in [4.78, 5) is 22.2. The zero-order chi connectivity index (χ0) is 16.7. The Balaban J connectivity index is 1.65. The van der Waals surface area contributed by atoms with Crippen molar-refractivity contribution >= 4 is 22.5 Å². The third-order valence-electron chi connectivity index (χ3n) is 4.76. The van der Waals surface area contributed by atoms with Gasteiger partial charge in [0.2, 0.25) is 0 Å². The van der Waals surface area contributed by atoms with E-state index in [1.54, 1.807) is 18.2 Å². The number of halogens is 1. The summed E-state index contributed by atoms with van der Waals surface area (Å²) < 4.78 is 2.17. The zero-order valence-corrected chi connectivity index (χ0v) is 14.3. The number of benzene rings is 1. The fourth-order valence-corrected chi connectivity index (χ4v) is 3.77. The van der Waals surface area contributed by atoms with Gasteiger partial charge < -0.3 is 9.55 Å². The second kappa shape index (κ2) is 6.07. The quantitative estimate of drug-likeness (QED) is 0.795. The minimum absolute atomic E-state index is 0.132. The topological polar surface area (TPSA) is 53.9 Å². The average molecular weight is 343 g/mol. The number of hydrogen-bond donors (Lipinski definition) is 1. The Morgan fingerprint density at radius 3 is 3.04 bits per heavy atom. The van der Waals surface area contributed by atoms with Crippen LogP contribution in [-0.4, -0.2) is 26.0 Å². The lowest BCUT2D eigenvalue weighted by atomic mass is 10.1. The summed E-state index contributed by atoms with van der Waals surface area (Å²) in [6, 6.07) is 9.84. The van der Waals surface area contributed by atoms with Crippen molar-refractivity contribution in [2.75, 3.05) is 6.54 Å². The van der Waals surface area contributed by atoms with E-state index in [1.165, 1.54) is 5.69 Å². The molecule has 1 aliphatic rings. The molecule has 0 unspecified atom stereocenters. The Labute approximate surface area is 144 Å². The minimum Gasteiger partial charge on any atom is -0.353 e. The van der Waals surface area contributed by atoms with Crippen molar-refractivity contribution in [3.63, 3.8) is 0 Å². The summed E-state index contributed by atoms with van der Waals surface area (Å²) in [6.45, 7) is 1.65. The molecule has 6 heteroatoms. The molecule has 0 amide bonds. The smallest absolute Gasteiger partial charge is 0.258 e. The van der Waals surface area contributed by atoms with E-state index >= 15 is 0 Å². The van der Waals surface area contributed by atoms with Crippen molar-refractivity contribution in [3.8, 4) is 0 Å². The molecule has 0 aliphatic carbocycles. The molecule has 4 rings (SSSR count). The van der Waals surface area contributed by atoms with Crippen LogP contribution in [0.5, 0.6) is 0 Å². The molecule has 1 aliphatic heterocycles. The number of H-pyrrole nitrogens is 1. The second-order valence-corrected chi connectivity index (χ2v) is 6.78. The van der Waals surface area contributed by atoms with Crippen LogP contribution >= 0.6 is 11.6 Å². The van der Waals surface area contributed by atoms with Gasteiger partial charge in [-0.2, -0.15) is 0 Å². The lowest BCUT2D eigenvalue weighted by Crippen LogP contribution is -2.26. The van der Waals surface area contributed by atoms with Crippen LogP contribution in [0.25, 0.3) is 10.9 Å². The molecule has 1 saturated heterocycles. The maximum atomic E-state index is 12.3. The van der Waals surface area contributed by atoms with Gasteiger partial charge in [-0.3, -0.25) is 9.69 Å². The van der Waals surface area contributed by atoms with Gasteiger partial charge in [-0.15, -0.1) is 0 Å². The predicted molar refractivity (Wildman–Crippen MR) is 95.2 cm³/mol. The normalized spacial score (nSPS) is 18.5. The van der Waals surface area contributed by atoms with Crippen LogP contribution in [0.2, 0.25) is 5.02 Å². The number of rotatable bonds is 3. The number of nitrogens with one attached hydrogen (secondary N) is 1. The van der Waals surface area contributed by atoms with Crippen molar-refractivity contribution in [2.45, 2.75) is 25.4 Å². The second-order valence-electron chi connectivity index (χ2n) is 6.35. The van der Waals surface area contributed by atoms with Gasteiger partial charge in [0.1, 0.15) is 5.82 Å². The first kappa shape index (κ1) is 15.4. The molecule has 3 aromatic rings. The average Bonchev–Trinajstić information content (AvgIpc) is 3.16. The van der Waals surface area contributed by atoms with Gasteiger partial charge in [0.15, 0.2) is 0 Å². The summed E-state index contributed by atoms with van der Waals surface area (Å²) in [5, 5.41) is 1.08. The number of fused-ring (bicyclic) bond motifs is 1. The first-order valence-corrected chi connectivity index (χ1v) is 8.53. The fourth-order valence-electron chi connectivity index (χ4n) is 3.60. The van der Waals surface area contributed by atoms with Crippen LogP contribution in [0.15, 0.2) is 41.3 Å². The maximum absolute atomic E-state index is 12.3. The van der Waals surface area contributed by atoms with Crippen molar-refractivity contribution in [3.05, 3.63) is 63.4 Å². The number of hydrogen-bond acceptors (Lipinski definition) is 3. The highest BCUT2D eigenvalue weighted by molar-refractivity contribution is 6.31. The van der Waals surface area contributed by atoms with E-state index in [-0.39, 0.29) is 5.56 Å². The maximum Gasteiger partial charge on any atom is 0.258 e. The predicted octanol–water partition coefficient (Wildman–Crippen LogP) is 3.25. The lowest BCUT2D eigenvalue weighted by molar-refractivity contribution is 0.235. The minimum atomic E-state index is -0.132. The Bertz CT molecular complexity index is 946. The molecule has 24 heavy (non-hydrogen) atoms. The molecule has 0 spiro atoms. The standard InChI is InChI=1S/C18H19ClN4O/c1-22-8-2-4-15(22)16-5-3-9-23(16)11-17-20-14-7-6-12(19)10-13(14)18(24)21-17/h2,4,6-8,10,16H,3,5,9,11H2,1H3,(H,20,21,24)/t16-/m1/s1. The molecular formula is C18H19ClN4O. The Hall–Kier alpha value is -2.11. The summed E-state index contributed by atoms with van der Waals surface area (Å²) in [6.07, 6.45) is 4.36. The third kappa shape index (κ3) is 2.74. The largest absolute Gasteiger partial charge is 0.353 e. The van der Waals surface area contributed by atoms with E-state index in [2.05, 4.69) is 44.8 Å². The van der Waals surface area contributed by atoms with E-state index in [1.807, 2.05) is 0 Å². The summed E-state index contributed by atoms with van der Waals surface area (Å²) in [7, 11) is 2.08. The van der Waals surface area contributed by atoms with Crippen LogP contribution in [0.1, 0.15) is 30.4 Å². The molecule has 0 saturated carbocycles. The van der Waals surface area contributed by atoms with Gasteiger partial charge in [-0.1, -0.05) is 11.6 Å². The van der Waals surface area contributed by atoms with Crippen molar-refractivity contribution in [1.82, 2.24) is 19.4 Å². The molecule has 5 nitrogen and oxygen atoms in total. The van der Waals surface area contributed by atoms with E-state index < -0.39 is 0 Å². The van der Waals surface area contributed by atoms with Gasteiger partial charge in [-0.25, -0.2) is 4.98 Å². The van der Waals surface area contributed by atoms with Gasteiger partial charge in [0.25, 0.3) is 5.56 Å². The molecule has 1 N–H and O–H groups in total. The van der Waals surface area contributed by atoms with Gasteiger partial charge in [0.05, 0.1) is 23.5 Å². The zero-order valence-electron chi connectivity index (χ0n) is 13.5. The summed E-state index contributed by atoms with van der Waals surface area (Å²) in [5.74, 6) is 0.705. The van der Waals surface area contributed by atoms with E-state index in [0.717, 1.165) is 19.4 Å². The molecule has 1 fully saturated rings. The molecular weight excluding hydrogens is 324 g/mol. The van der Waals surface area contributed by atoms with E-state index in [0.29, 0.717) is 34.3 Å².